The zero-order chi connectivity index (χ0) is 16.2. The first-order valence-corrected chi connectivity index (χ1v) is 7.52. The molecule has 0 heterocycles. The van der Waals surface area contributed by atoms with Crippen LogP contribution in [0.3, 0.4) is 0 Å². The van der Waals surface area contributed by atoms with Crippen LogP contribution in [0.1, 0.15) is 21.5 Å². The van der Waals surface area contributed by atoms with E-state index in [4.69, 9.17) is 4.74 Å². The standard InChI is InChI=1S/C21H18O2/c1-15-3-5-16(6-4-15)7-12-21(22)19-9-8-18-14-20(23-2)11-10-17(18)13-19/h3-14H,1-2H3. The molecule has 0 unspecified atom stereocenters. The first-order valence-electron chi connectivity index (χ1n) is 7.52. The number of carbonyl (C=O) groups excluding carboxylic acids is 1. The van der Waals surface area contributed by atoms with Crippen LogP contribution in [0.5, 0.6) is 5.75 Å². The van der Waals surface area contributed by atoms with Gasteiger partial charge in [-0.2, -0.15) is 0 Å². The van der Waals surface area contributed by atoms with Gasteiger partial charge in [0, 0.05) is 5.56 Å². The van der Waals surface area contributed by atoms with Gasteiger partial charge in [0.1, 0.15) is 5.75 Å². The van der Waals surface area contributed by atoms with E-state index in [1.165, 1.54) is 5.56 Å². The monoisotopic (exact) mass is 302 g/mol. The third kappa shape index (κ3) is 3.49. The number of hydrogen-bond donors (Lipinski definition) is 0. The lowest BCUT2D eigenvalue weighted by molar-refractivity contribution is 0.104. The Hall–Kier alpha value is -2.87. The Bertz CT molecular complexity index is 874. The SMILES string of the molecule is COc1ccc2cc(C(=O)C=Cc3ccc(C)cc3)ccc2c1. The molecule has 0 radical (unpaired) electrons. The van der Waals surface area contributed by atoms with Crippen LogP contribution in [0.2, 0.25) is 0 Å². The largest absolute Gasteiger partial charge is 0.497 e. The van der Waals surface area contributed by atoms with Crippen LogP contribution in [-0.4, -0.2) is 12.9 Å². The highest BCUT2D eigenvalue weighted by molar-refractivity contribution is 6.08. The number of benzene rings is 3. The lowest BCUT2D eigenvalue weighted by Gasteiger charge is -2.04. The second-order valence-electron chi connectivity index (χ2n) is 5.54. The van der Waals surface area contributed by atoms with E-state index in [0.29, 0.717) is 5.56 Å². The molecule has 0 aliphatic heterocycles. The molecule has 0 N–H and O–H groups in total. The first kappa shape index (κ1) is 15.0. The van der Waals surface area contributed by atoms with Gasteiger partial charge in [0.25, 0.3) is 0 Å². The van der Waals surface area contributed by atoms with Crippen molar-refractivity contribution < 1.29 is 9.53 Å². The Balaban J connectivity index is 1.84. The summed E-state index contributed by atoms with van der Waals surface area (Å²) in [6.07, 6.45) is 3.47. The highest BCUT2D eigenvalue weighted by atomic mass is 16.5. The van der Waals surface area contributed by atoms with Crippen LogP contribution in [0.15, 0.2) is 66.7 Å². The highest BCUT2D eigenvalue weighted by Gasteiger charge is 2.04. The zero-order valence-corrected chi connectivity index (χ0v) is 13.2. The van der Waals surface area contributed by atoms with Gasteiger partial charge in [-0.05, 0) is 47.5 Å². The summed E-state index contributed by atoms with van der Waals surface area (Å²) in [6.45, 7) is 2.04. The maximum absolute atomic E-state index is 12.3. The Morgan fingerprint density at radius 3 is 2.35 bits per heavy atom. The average Bonchev–Trinajstić information content (AvgIpc) is 2.60. The van der Waals surface area contributed by atoms with Crippen LogP contribution in [0.25, 0.3) is 16.8 Å². The van der Waals surface area contributed by atoms with Crippen molar-refractivity contribution in [1.82, 2.24) is 0 Å². The number of allylic oxidation sites excluding steroid dienone is 1. The van der Waals surface area contributed by atoms with Crippen molar-refractivity contribution in [1.29, 1.82) is 0 Å². The van der Waals surface area contributed by atoms with Gasteiger partial charge in [-0.15, -0.1) is 0 Å². The fraction of sp³-hybridized carbons (Fsp3) is 0.0952. The predicted octanol–water partition coefficient (Wildman–Crippen LogP) is 5.05. The summed E-state index contributed by atoms with van der Waals surface area (Å²) in [6, 6.07) is 19.6. The van der Waals surface area contributed by atoms with Gasteiger partial charge in [-0.3, -0.25) is 4.79 Å². The molecule has 0 saturated carbocycles. The van der Waals surface area contributed by atoms with E-state index >= 15 is 0 Å². The summed E-state index contributed by atoms with van der Waals surface area (Å²) in [5.41, 5.74) is 2.92. The fourth-order valence-electron chi connectivity index (χ4n) is 2.45. The van der Waals surface area contributed by atoms with Crippen molar-refractivity contribution in [2.75, 3.05) is 7.11 Å². The minimum atomic E-state index is 0.00305. The van der Waals surface area contributed by atoms with E-state index in [1.54, 1.807) is 13.2 Å². The van der Waals surface area contributed by atoms with Crippen molar-refractivity contribution >= 4 is 22.6 Å². The summed E-state index contributed by atoms with van der Waals surface area (Å²) in [4.78, 5) is 12.3. The van der Waals surface area contributed by atoms with Crippen LogP contribution in [0, 0.1) is 6.92 Å². The molecular weight excluding hydrogens is 284 g/mol. The summed E-state index contributed by atoms with van der Waals surface area (Å²) >= 11 is 0. The van der Waals surface area contributed by atoms with Gasteiger partial charge in [0.05, 0.1) is 7.11 Å². The lowest BCUT2D eigenvalue weighted by Crippen LogP contribution is -1.94. The van der Waals surface area contributed by atoms with E-state index in [1.807, 2.05) is 73.7 Å². The van der Waals surface area contributed by atoms with Crippen molar-refractivity contribution in [3.05, 3.63) is 83.4 Å². The zero-order valence-electron chi connectivity index (χ0n) is 13.2. The summed E-state index contributed by atoms with van der Waals surface area (Å²) in [7, 11) is 1.65. The molecule has 0 aliphatic carbocycles. The molecule has 23 heavy (non-hydrogen) atoms. The summed E-state index contributed by atoms with van der Waals surface area (Å²) in [5, 5.41) is 2.09. The molecule has 114 valence electrons. The normalized spacial score (nSPS) is 11.0. The molecule has 0 amide bonds. The molecule has 3 rings (SSSR count). The molecule has 0 aromatic heterocycles. The van der Waals surface area contributed by atoms with E-state index in [2.05, 4.69) is 0 Å². The summed E-state index contributed by atoms with van der Waals surface area (Å²) in [5.74, 6) is 0.819. The van der Waals surface area contributed by atoms with Crippen LogP contribution < -0.4 is 4.74 Å². The highest BCUT2D eigenvalue weighted by Crippen LogP contribution is 2.22. The number of rotatable bonds is 4. The first-order chi connectivity index (χ1) is 11.2. The Morgan fingerprint density at radius 1 is 0.913 bits per heavy atom. The van der Waals surface area contributed by atoms with E-state index in [-0.39, 0.29) is 5.78 Å². The fourth-order valence-corrected chi connectivity index (χ4v) is 2.45. The average molecular weight is 302 g/mol. The number of carbonyl (C=O) groups is 1. The van der Waals surface area contributed by atoms with Crippen LogP contribution >= 0.6 is 0 Å². The van der Waals surface area contributed by atoms with E-state index < -0.39 is 0 Å². The molecule has 0 fully saturated rings. The van der Waals surface area contributed by atoms with Gasteiger partial charge < -0.3 is 4.74 Å². The Labute approximate surface area is 136 Å². The van der Waals surface area contributed by atoms with Crippen LogP contribution in [0.4, 0.5) is 0 Å². The van der Waals surface area contributed by atoms with Gasteiger partial charge in [-0.1, -0.05) is 54.1 Å². The molecule has 2 heteroatoms. The van der Waals surface area contributed by atoms with Crippen LogP contribution in [-0.2, 0) is 0 Å². The van der Waals surface area contributed by atoms with Gasteiger partial charge >= 0.3 is 0 Å². The van der Waals surface area contributed by atoms with Crippen molar-refractivity contribution in [3.8, 4) is 5.75 Å². The van der Waals surface area contributed by atoms with Crippen molar-refractivity contribution in [2.24, 2.45) is 0 Å². The van der Waals surface area contributed by atoms with E-state index in [9.17, 15) is 4.79 Å². The van der Waals surface area contributed by atoms with Gasteiger partial charge in [0.15, 0.2) is 5.78 Å². The minimum Gasteiger partial charge on any atom is -0.497 e. The second-order valence-corrected chi connectivity index (χ2v) is 5.54. The van der Waals surface area contributed by atoms with E-state index in [0.717, 1.165) is 22.1 Å². The maximum Gasteiger partial charge on any atom is 0.185 e. The lowest BCUT2D eigenvalue weighted by atomic mass is 10.0. The number of methoxy groups -OCH3 is 1. The summed E-state index contributed by atoms with van der Waals surface area (Å²) < 4.78 is 5.22. The molecule has 3 aromatic rings. The smallest absolute Gasteiger partial charge is 0.185 e. The van der Waals surface area contributed by atoms with Gasteiger partial charge in [0.2, 0.25) is 0 Å². The van der Waals surface area contributed by atoms with Crippen molar-refractivity contribution in [2.45, 2.75) is 6.92 Å². The molecule has 0 bridgehead atoms. The number of ether oxygens (including phenoxy) is 1. The molecule has 0 saturated heterocycles. The molecule has 3 aromatic carbocycles. The van der Waals surface area contributed by atoms with Gasteiger partial charge in [-0.25, -0.2) is 0 Å². The number of hydrogen-bond acceptors (Lipinski definition) is 2. The quantitative estimate of drug-likeness (QED) is 0.498. The minimum absolute atomic E-state index is 0.00305. The topological polar surface area (TPSA) is 26.3 Å². The molecule has 0 aliphatic rings. The molecule has 0 spiro atoms. The number of aryl methyl sites for hydroxylation is 1. The second kappa shape index (κ2) is 6.49. The number of ketones is 1. The molecule has 2 nitrogen and oxygen atoms in total. The predicted molar refractivity (Wildman–Crippen MR) is 95.0 cm³/mol. The Morgan fingerprint density at radius 2 is 1.61 bits per heavy atom. The third-order valence-corrected chi connectivity index (χ3v) is 3.84. The molecular formula is C21H18O2. The van der Waals surface area contributed by atoms with Crippen molar-refractivity contribution in [3.63, 3.8) is 0 Å². The Kier molecular flexibility index (Phi) is 4.24. The number of fused-ring (bicyclic) bond motifs is 1. The third-order valence-electron chi connectivity index (χ3n) is 3.84. The molecule has 0 atom stereocenters. The maximum atomic E-state index is 12.3.